The fourth-order valence-electron chi connectivity index (χ4n) is 15.6. The number of anilines is 6. The molecule has 0 bridgehead atoms. The summed E-state index contributed by atoms with van der Waals surface area (Å²) >= 11 is 0. The maximum absolute atomic E-state index is 7.13. The Balaban J connectivity index is 1.01. The van der Waals surface area contributed by atoms with Gasteiger partial charge in [0.15, 0.2) is 0 Å². The molecule has 6 heteroatoms. The van der Waals surface area contributed by atoms with Crippen molar-refractivity contribution in [2.24, 2.45) is 0 Å². The first-order valence-electron chi connectivity index (χ1n) is 39.2. The number of rotatable bonds is 28. The monoisotopic (exact) mass is 1410 g/mol. The van der Waals surface area contributed by atoms with Crippen LogP contribution >= 0.6 is 0 Å². The summed E-state index contributed by atoms with van der Waals surface area (Å²) in [5, 5.41) is 13.9. The van der Waals surface area contributed by atoms with Crippen molar-refractivity contribution >= 4 is 122 Å². The van der Waals surface area contributed by atoms with Crippen LogP contribution in [0, 0.1) is 41.5 Å². The molecule has 0 aliphatic carbocycles. The zero-order chi connectivity index (χ0) is 74.4. The highest BCUT2D eigenvalue weighted by Crippen LogP contribution is 2.58. The summed E-state index contributed by atoms with van der Waals surface area (Å²) in [7, 11) is 0. The predicted octanol–water partition coefficient (Wildman–Crippen LogP) is 28.7. The van der Waals surface area contributed by atoms with Gasteiger partial charge in [0.05, 0.1) is 37.8 Å². The topological polar surface area (TPSA) is 43.4 Å². The first-order chi connectivity index (χ1) is 52.9. The number of hydrogen-bond acceptors (Lipinski definition) is 6. The lowest BCUT2D eigenvalue weighted by Gasteiger charge is -2.33. The molecule has 0 saturated heterocycles. The van der Waals surface area contributed by atoms with E-state index in [1.165, 1.54) is 76.8 Å². The molecule has 6 nitrogen and oxygen atoms in total. The van der Waals surface area contributed by atoms with E-state index >= 15 is 0 Å². The maximum atomic E-state index is 7.13. The van der Waals surface area contributed by atoms with E-state index in [1.807, 2.05) is 0 Å². The Labute approximate surface area is 638 Å². The van der Waals surface area contributed by atoms with E-state index in [0.29, 0.717) is 26.4 Å². The molecule has 0 amide bonds. The van der Waals surface area contributed by atoms with Gasteiger partial charge in [-0.3, -0.25) is 0 Å². The van der Waals surface area contributed by atoms with Crippen molar-refractivity contribution in [2.45, 2.75) is 121 Å². The van der Waals surface area contributed by atoms with Crippen LogP contribution in [0.1, 0.15) is 146 Å². The van der Waals surface area contributed by atoms with Gasteiger partial charge < -0.3 is 28.7 Å². The molecule has 0 N–H and O–H groups in total. The van der Waals surface area contributed by atoms with Gasteiger partial charge >= 0.3 is 0 Å². The molecule has 0 aromatic heterocycles. The van der Waals surface area contributed by atoms with E-state index in [-0.39, 0.29) is 0 Å². The third kappa shape index (κ3) is 14.5. The van der Waals surface area contributed by atoms with Gasteiger partial charge in [0.2, 0.25) is 0 Å². The van der Waals surface area contributed by atoms with Crippen molar-refractivity contribution in [3.63, 3.8) is 0 Å². The van der Waals surface area contributed by atoms with Crippen LogP contribution in [0.15, 0.2) is 255 Å². The second-order valence-electron chi connectivity index (χ2n) is 29.5. The van der Waals surface area contributed by atoms with Crippen molar-refractivity contribution in [3.8, 4) is 23.0 Å². The van der Waals surface area contributed by atoms with Gasteiger partial charge in [0.25, 0.3) is 0 Å². The van der Waals surface area contributed by atoms with Crippen LogP contribution in [-0.2, 0) is 0 Å². The minimum absolute atomic E-state index is 0.564. The lowest BCUT2D eigenvalue weighted by molar-refractivity contribution is 0.295. The molecule has 0 spiro atoms. The quantitative estimate of drug-likeness (QED) is 0.0211. The molecule has 0 radical (unpaired) electrons. The Morgan fingerprint density at radius 1 is 0.259 bits per heavy atom. The van der Waals surface area contributed by atoms with Crippen LogP contribution in [0.25, 0.3) is 87.9 Å². The Bertz CT molecular complexity index is 5260. The molecule has 0 aliphatic rings. The largest absolute Gasteiger partial charge is 0.491 e. The average Bonchev–Trinajstić information content (AvgIpc) is 0.685. The Kier molecular flexibility index (Phi) is 21.5. The number of hydrogen-bond donors (Lipinski definition) is 0. The van der Waals surface area contributed by atoms with Crippen LogP contribution in [0.4, 0.5) is 34.1 Å². The second-order valence-corrected chi connectivity index (χ2v) is 29.5. The van der Waals surface area contributed by atoms with Crippen LogP contribution in [0.2, 0.25) is 0 Å². The van der Waals surface area contributed by atoms with E-state index in [0.717, 1.165) is 174 Å². The SMILES string of the molecule is CCCCOc1cc(C)cc(OCCCC)c1N(c1ccc(C=C(c2ccc(C)cc2)c2ccc(C)cc2)cc1)c1c2ccccc2c2c3cccc4c(N(c5ccc(C=C(c6ccc(C)cc6)c6ccc(C)cc6)cc5)c5c(OCCCC)cc(C)cc5OCCCC)c5ccccc5c(c5cccc1c52)c43. The van der Waals surface area contributed by atoms with Crippen LogP contribution < -0.4 is 28.7 Å². The fraction of sp³-hybridized carbons (Fsp3) is 0.216. The average molecular weight is 1420 g/mol. The van der Waals surface area contributed by atoms with E-state index in [2.05, 4.69) is 346 Å². The third-order valence-corrected chi connectivity index (χ3v) is 21.2. The van der Waals surface area contributed by atoms with E-state index < -0.39 is 0 Å². The minimum atomic E-state index is 0.564. The molecule has 0 heterocycles. The van der Waals surface area contributed by atoms with Gasteiger partial charge in [0.1, 0.15) is 34.4 Å². The number of fused-ring (bicyclic) bond motifs is 6. The van der Waals surface area contributed by atoms with E-state index in [4.69, 9.17) is 18.9 Å². The van der Waals surface area contributed by atoms with Gasteiger partial charge in [-0.25, -0.2) is 0 Å². The molecular formula is C102H98N2O4. The minimum Gasteiger partial charge on any atom is -0.491 e. The fourth-order valence-corrected chi connectivity index (χ4v) is 15.6. The highest BCUT2D eigenvalue weighted by molar-refractivity contribution is 6.45. The summed E-state index contributed by atoms with van der Waals surface area (Å²) in [4.78, 5) is 4.96. The number of aryl methyl sites for hydroxylation is 6. The summed E-state index contributed by atoms with van der Waals surface area (Å²) in [5.41, 5.74) is 22.1. The predicted molar refractivity (Wildman–Crippen MR) is 462 cm³/mol. The van der Waals surface area contributed by atoms with E-state index in [9.17, 15) is 0 Å². The highest BCUT2D eigenvalue weighted by atomic mass is 16.5. The lowest BCUT2D eigenvalue weighted by atomic mass is 9.83. The number of benzene rings is 15. The molecule has 108 heavy (non-hydrogen) atoms. The molecular weight excluding hydrogens is 1320 g/mol. The zero-order valence-corrected chi connectivity index (χ0v) is 64.4. The summed E-state index contributed by atoms with van der Waals surface area (Å²) in [5.74, 6) is 3.15. The highest BCUT2D eigenvalue weighted by Gasteiger charge is 2.32. The summed E-state index contributed by atoms with van der Waals surface area (Å²) in [6.07, 6.45) is 12.3. The zero-order valence-electron chi connectivity index (χ0n) is 64.4. The molecule has 0 atom stereocenters. The smallest absolute Gasteiger partial charge is 0.147 e. The van der Waals surface area contributed by atoms with Gasteiger partial charge in [-0.15, -0.1) is 0 Å². The molecule has 0 aliphatic heterocycles. The van der Waals surface area contributed by atoms with Gasteiger partial charge in [-0.2, -0.15) is 0 Å². The van der Waals surface area contributed by atoms with E-state index in [1.54, 1.807) is 0 Å². The number of unbranched alkanes of at least 4 members (excludes halogenated alkanes) is 4. The Morgan fingerprint density at radius 3 is 0.806 bits per heavy atom. The summed E-state index contributed by atoms with van der Waals surface area (Å²) in [6.45, 7) is 24.1. The first kappa shape index (κ1) is 72.0. The third-order valence-electron chi connectivity index (χ3n) is 21.2. The number of ether oxygens (including phenoxy) is 4. The second kappa shape index (κ2) is 32.2. The van der Waals surface area contributed by atoms with Gasteiger partial charge in [0, 0.05) is 43.7 Å². The molecule has 15 aromatic carbocycles. The lowest BCUT2D eigenvalue weighted by Crippen LogP contribution is -2.16. The standard InChI is InChI=1S/C102H98N2O4/c1-11-15-57-105-91-61-71(9)62-92(106-58-16-12-2)101(91)103(79-53-41-73(42-54-79)65-89(75-45-33-67(5)34-46-75)76-47-35-68(6)36-48-76)99-83-27-21-19-25-81(83)95-86-30-24-32-88-98(86)96(85-29-23-31-87(99)97(85)95)82-26-20-22-28-84(82)100(88)104(102-93(107-59-17-13-3)63-72(10)64-94(102)108-60-18-14-4)80-55-43-74(44-56-80)66-90(77-49-37-69(7)38-50-77)78-51-39-70(8)40-52-78/h19-56,61-66H,11-18,57-60H2,1-10H3. The Hall–Kier alpha value is -11.6. The molecule has 0 saturated carbocycles. The van der Waals surface area contributed by atoms with Crippen molar-refractivity contribution in [1.29, 1.82) is 0 Å². The molecule has 15 aromatic rings. The van der Waals surface area contributed by atoms with Crippen molar-refractivity contribution < 1.29 is 18.9 Å². The Morgan fingerprint density at radius 2 is 0.519 bits per heavy atom. The van der Waals surface area contributed by atoms with Crippen LogP contribution in [-0.4, -0.2) is 26.4 Å². The van der Waals surface area contributed by atoms with Gasteiger partial charge in [-0.05, 0) is 216 Å². The summed E-state index contributed by atoms with van der Waals surface area (Å²) < 4.78 is 28.5. The molecule has 540 valence electrons. The number of nitrogens with zero attached hydrogens (tertiary/aromatic N) is 2. The molecule has 15 rings (SSSR count). The first-order valence-corrected chi connectivity index (χ1v) is 39.2. The summed E-state index contributed by atoms with van der Waals surface area (Å²) in [6, 6.07) is 95.0. The van der Waals surface area contributed by atoms with Crippen LogP contribution in [0.5, 0.6) is 23.0 Å². The van der Waals surface area contributed by atoms with Gasteiger partial charge in [-0.1, -0.05) is 282 Å². The van der Waals surface area contributed by atoms with Crippen molar-refractivity contribution in [2.75, 3.05) is 36.2 Å². The van der Waals surface area contributed by atoms with Crippen molar-refractivity contribution in [1.82, 2.24) is 0 Å². The van der Waals surface area contributed by atoms with Crippen molar-refractivity contribution in [3.05, 3.63) is 322 Å². The molecule has 0 fully saturated rings. The normalized spacial score (nSPS) is 11.5. The molecule has 0 unspecified atom stereocenters. The maximum Gasteiger partial charge on any atom is 0.147 e. The van der Waals surface area contributed by atoms with Crippen LogP contribution in [0.3, 0.4) is 0 Å².